The van der Waals surface area contributed by atoms with E-state index in [1.807, 2.05) is 49.3 Å². The smallest absolute Gasteiger partial charge is 0.251 e. The van der Waals surface area contributed by atoms with Crippen LogP contribution in [0.2, 0.25) is 10.0 Å². The number of guanidine groups is 1. The molecule has 0 fully saturated rings. The summed E-state index contributed by atoms with van der Waals surface area (Å²) < 4.78 is 0. The lowest BCUT2D eigenvalue weighted by Crippen LogP contribution is -2.36. The molecule has 0 unspecified atom stereocenters. The molecule has 0 heterocycles. The van der Waals surface area contributed by atoms with Gasteiger partial charge in [0.05, 0.1) is 0 Å². The fraction of sp³-hybridized carbons (Fsp3) is 0.333. The molecule has 2 aromatic rings. The highest BCUT2D eigenvalue weighted by atomic mass is 35.5. The van der Waals surface area contributed by atoms with Crippen molar-refractivity contribution in [3.63, 3.8) is 0 Å². The first-order chi connectivity index (χ1) is 13.9. The van der Waals surface area contributed by atoms with Gasteiger partial charge in [0.25, 0.3) is 5.91 Å². The van der Waals surface area contributed by atoms with Crippen molar-refractivity contribution >= 4 is 35.1 Å². The van der Waals surface area contributed by atoms with Crippen LogP contribution >= 0.6 is 23.2 Å². The number of aliphatic imine (C=N–C) groups is 1. The molecule has 2 rings (SSSR count). The van der Waals surface area contributed by atoms with Gasteiger partial charge in [-0.15, -0.1) is 0 Å². The maximum Gasteiger partial charge on any atom is 0.251 e. The van der Waals surface area contributed by atoms with Crippen LogP contribution in [-0.2, 0) is 13.1 Å². The fourth-order valence-corrected chi connectivity index (χ4v) is 3.04. The van der Waals surface area contributed by atoms with Gasteiger partial charge in [-0.2, -0.15) is 0 Å². The number of likely N-dealkylation sites (N-methyl/N-ethyl adjacent to an activating group) is 1. The van der Waals surface area contributed by atoms with E-state index in [4.69, 9.17) is 23.2 Å². The molecule has 0 spiro atoms. The average molecular weight is 436 g/mol. The predicted octanol–water partition coefficient (Wildman–Crippen LogP) is 3.15. The van der Waals surface area contributed by atoms with Crippen molar-refractivity contribution < 1.29 is 4.79 Å². The Hall–Kier alpha value is -2.28. The van der Waals surface area contributed by atoms with E-state index in [1.54, 1.807) is 19.2 Å². The minimum atomic E-state index is -0.0754. The zero-order valence-electron chi connectivity index (χ0n) is 16.9. The van der Waals surface area contributed by atoms with Crippen LogP contribution < -0.4 is 16.0 Å². The number of hydrogen-bond acceptors (Lipinski definition) is 3. The minimum Gasteiger partial charge on any atom is -0.352 e. The summed E-state index contributed by atoms with van der Waals surface area (Å²) in [5.74, 6) is 0.561. The number of hydrogen-bond donors (Lipinski definition) is 3. The third kappa shape index (κ3) is 7.93. The highest BCUT2D eigenvalue weighted by Gasteiger charge is 2.07. The van der Waals surface area contributed by atoms with Gasteiger partial charge in [0, 0.05) is 48.8 Å². The van der Waals surface area contributed by atoms with E-state index in [2.05, 4.69) is 20.9 Å². The summed E-state index contributed by atoms with van der Waals surface area (Å²) in [4.78, 5) is 18.5. The van der Waals surface area contributed by atoms with Crippen molar-refractivity contribution in [1.82, 2.24) is 20.9 Å². The second-order valence-electron chi connectivity index (χ2n) is 6.77. The minimum absolute atomic E-state index is 0.0754. The molecular weight excluding hydrogens is 409 g/mol. The third-order valence-electron chi connectivity index (χ3n) is 4.18. The molecule has 6 nitrogen and oxygen atoms in total. The molecule has 1 amide bonds. The van der Waals surface area contributed by atoms with Crippen LogP contribution in [0.5, 0.6) is 0 Å². The number of halogens is 2. The lowest BCUT2D eigenvalue weighted by molar-refractivity contribution is 0.0951. The first-order valence-corrected chi connectivity index (χ1v) is 10.0. The maximum atomic E-state index is 12.3. The number of benzene rings is 2. The molecule has 2 aromatic carbocycles. The highest BCUT2D eigenvalue weighted by Crippen LogP contribution is 2.20. The Morgan fingerprint density at radius 3 is 2.48 bits per heavy atom. The van der Waals surface area contributed by atoms with Gasteiger partial charge in [-0.1, -0.05) is 41.4 Å². The number of rotatable bonds is 8. The van der Waals surface area contributed by atoms with Gasteiger partial charge in [0.2, 0.25) is 0 Å². The van der Waals surface area contributed by atoms with Gasteiger partial charge in [0.1, 0.15) is 0 Å². The summed E-state index contributed by atoms with van der Waals surface area (Å²) in [6.45, 7) is 2.46. The molecule has 0 aliphatic rings. The number of nitrogens with zero attached hydrogens (tertiary/aromatic N) is 2. The quantitative estimate of drug-likeness (QED) is 0.439. The van der Waals surface area contributed by atoms with Gasteiger partial charge in [-0.3, -0.25) is 9.79 Å². The number of carbonyl (C=O) groups excluding carboxylic acids is 1. The summed E-state index contributed by atoms with van der Waals surface area (Å²) in [6.07, 6.45) is 0. The molecule has 0 aliphatic heterocycles. The van der Waals surface area contributed by atoms with Crippen LogP contribution in [0.4, 0.5) is 0 Å². The SMILES string of the molecule is CN=C(NCc1cccc(C(=O)NCCN(C)C)c1)NCc1ccc(Cl)cc1Cl. The first kappa shape index (κ1) is 23.0. The topological polar surface area (TPSA) is 68.8 Å². The first-order valence-electron chi connectivity index (χ1n) is 9.29. The Morgan fingerprint density at radius 1 is 1.03 bits per heavy atom. The summed E-state index contributed by atoms with van der Waals surface area (Å²) in [5, 5.41) is 10.6. The van der Waals surface area contributed by atoms with Crippen molar-refractivity contribution in [2.24, 2.45) is 4.99 Å². The Labute approximate surface area is 182 Å². The van der Waals surface area contributed by atoms with E-state index in [1.165, 1.54) is 0 Å². The lowest BCUT2D eigenvalue weighted by atomic mass is 10.1. The molecule has 0 bridgehead atoms. The summed E-state index contributed by atoms with van der Waals surface area (Å²) >= 11 is 12.1. The summed E-state index contributed by atoms with van der Waals surface area (Å²) in [6, 6.07) is 12.9. The highest BCUT2D eigenvalue weighted by molar-refractivity contribution is 6.35. The van der Waals surface area contributed by atoms with Crippen molar-refractivity contribution in [2.75, 3.05) is 34.2 Å². The molecule has 8 heteroatoms. The Bertz CT molecular complexity index is 855. The zero-order valence-corrected chi connectivity index (χ0v) is 18.4. The largest absolute Gasteiger partial charge is 0.352 e. The van der Waals surface area contributed by atoms with Crippen molar-refractivity contribution in [1.29, 1.82) is 0 Å². The Morgan fingerprint density at radius 2 is 1.79 bits per heavy atom. The predicted molar refractivity (Wildman–Crippen MR) is 121 cm³/mol. The lowest BCUT2D eigenvalue weighted by Gasteiger charge is -2.14. The van der Waals surface area contributed by atoms with Gasteiger partial charge in [-0.05, 0) is 49.5 Å². The van der Waals surface area contributed by atoms with Crippen LogP contribution in [0.15, 0.2) is 47.5 Å². The van der Waals surface area contributed by atoms with Gasteiger partial charge >= 0.3 is 0 Å². The van der Waals surface area contributed by atoms with Crippen LogP contribution in [0, 0.1) is 0 Å². The normalized spacial score (nSPS) is 11.4. The van der Waals surface area contributed by atoms with Crippen molar-refractivity contribution in [3.8, 4) is 0 Å². The molecule has 156 valence electrons. The van der Waals surface area contributed by atoms with E-state index in [9.17, 15) is 4.79 Å². The summed E-state index contributed by atoms with van der Waals surface area (Å²) in [7, 11) is 5.65. The Kier molecular flexibility index (Phi) is 9.25. The third-order valence-corrected chi connectivity index (χ3v) is 4.77. The number of nitrogens with one attached hydrogen (secondary N) is 3. The number of amides is 1. The molecular formula is C21H27Cl2N5O. The second kappa shape index (κ2) is 11.7. The summed E-state index contributed by atoms with van der Waals surface area (Å²) in [5.41, 5.74) is 2.55. The zero-order chi connectivity index (χ0) is 21.2. The van der Waals surface area contributed by atoms with Crippen molar-refractivity contribution in [3.05, 3.63) is 69.2 Å². The molecule has 29 heavy (non-hydrogen) atoms. The molecule has 0 aliphatic carbocycles. The molecule has 3 N–H and O–H groups in total. The van der Waals surface area contributed by atoms with Gasteiger partial charge in [0.15, 0.2) is 5.96 Å². The van der Waals surface area contributed by atoms with Crippen LogP contribution in [0.1, 0.15) is 21.5 Å². The maximum absolute atomic E-state index is 12.3. The van der Waals surface area contributed by atoms with E-state index in [0.717, 1.165) is 17.7 Å². The van der Waals surface area contributed by atoms with E-state index >= 15 is 0 Å². The van der Waals surface area contributed by atoms with E-state index < -0.39 is 0 Å². The number of carbonyl (C=O) groups is 1. The fourth-order valence-electron chi connectivity index (χ4n) is 2.57. The van der Waals surface area contributed by atoms with Crippen LogP contribution in [0.25, 0.3) is 0 Å². The molecule has 0 atom stereocenters. The molecule has 0 radical (unpaired) electrons. The van der Waals surface area contributed by atoms with Gasteiger partial charge < -0.3 is 20.9 Å². The van der Waals surface area contributed by atoms with E-state index in [-0.39, 0.29) is 5.91 Å². The monoisotopic (exact) mass is 435 g/mol. The standard InChI is InChI=1S/C21H27Cl2N5O/c1-24-21(27-14-17-7-8-18(22)12-19(17)23)26-13-15-5-4-6-16(11-15)20(29)25-9-10-28(2)3/h4-8,11-12H,9-10,13-14H2,1-3H3,(H,25,29)(H2,24,26,27). The molecule has 0 saturated heterocycles. The molecule has 0 saturated carbocycles. The Balaban J connectivity index is 1.88. The average Bonchev–Trinajstić information content (AvgIpc) is 2.69. The van der Waals surface area contributed by atoms with E-state index in [0.29, 0.717) is 41.2 Å². The van der Waals surface area contributed by atoms with Crippen molar-refractivity contribution in [2.45, 2.75) is 13.1 Å². The second-order valence-corrected chi connectivity index (χ2v) is 7.62. The van der Waals surface area contributed by atoms with Crippen LogP contribution in [0.3, 0.4) is 0 Å². The van der Waals surface area contributed by atoms with Crippen LogP contribution in [-0.4, -0.2) is 51.0 Å². The molecule has 0 aromatic heterocycles. The van der Waals surface area contributed by atoms with Gasteiger partial charge in [-0.25, -0.2) is 0 Å².